The van der Waals surface area contributed by atoms with Crippen LogP contribution in [0.1, 0.15) is 38.3 Å². The Morgan fingerprint density at radius 1 is 1.24 bits per heavy atom. The molecular formula is C23H30ClN5O4. The van der Waals surface area contributed by atoms with Crippen LogP contribution in [0.3, 0.4) is 0 Å². The van der Waals surface area contributed by atoms with Crippen molar-refractivity contribution in [2.24, 2.45) is 0 Å². The van der Waals surface area contributed by atoms with Crippen molar-refractivity contribution < 1.29 is 19.7 Å². The predicted molar refractivity (Wildman–Crippen MR) is 129 cm³/mol. The molecule has 3 aromatic heterocycles. The number of unbranched alkanes of at least 4 members (excludes halogenated alkanes) is 3. The number of nitrogens with zero attached hydrogens (tertiary/aromatic N) is 4. The molecule has 10 heteroatoms. The average molecular weight is 476 g/mol. The van der Waals surface area contributed by atoms with Crippen LogP contribution in [-0.2, 0) is 16.0 Å². The van der Waals surface area contributed by atoms with Crippen LogP contribution in [0, 0.1) is 12.8 Å². The molecule has 0 amide bonds. The third kappa shape index (κ3) is 9.35. The standard InChI is InChI=1S/C15H23ClN2O3.C6H5N3O.C2H2/c1-3-4-5-6-7-12-13(8-9-14(16)17-12)18(11-19)10-15(20)21-2;10-5-1-4-2-8-9-6(4)7-3-5;1-2/h8-9,19H,3-7,10-11H2,1-2H3;1-3,10H,(H,7,8,9);1-2H. The molecule has 0 bridgehead atoms. The van der Waals surface area contributed by atoms with E-state index in [-0.39, 0.29) is 19.0 Å². The van der Waals surface area contributed by atoms with E-state index in [1.165, 1.54) is 31.0 Å². The number of carbonyl (C=O) groups is 1. The summed E-state index contributed by atoms with van der Waals surface area (Å²) in [6.45, 7) is 1.87. The van der Waals surface area contributed by atoms with Gasteiger partial charge in [0.15, 0.2) is 5.65 Å². The van der Waals surface area contributed by atoms with Crippen molar-refractivity contribution in [3.05, 3.63) is 41.4 Å². The lowest BCUT2D eigenvalue weighted by atomic mass is 10.1. The van der Waals surface area contributed by atoms with E-state index in [1.54, 1.807) is 24.4 Å². The van der Waals surface area contributed by atoms with Crippen LogP contribution in [0.5, 0.6) is 5.75 Å². The first-order valence-corrected chi connectivity index (χ1v) is 10.8. The summed E-state index contributed by atoms with van der Waals surface area (Å²) in [4.78, 5) is 21.1. The van der Waals surface area contributed by atoms with Crippen molar-refractivity contribution in [2.75, 3.05) is 25.3 Å². The number of anilines is 1. The molecule has 0 saturated heterocycles. The highest BCUT2D eigenvalue weighted by molar-refractivity contribution is 6.29. The van der Waals surface area contributed by atoms with Crippen molar-refractivity contribution in [1.82, 2.24) is 20.2 Å². The van der Waals surface area contributed by atoms with Crippen LogP contribution >= 0.6 is 11.6 Å². The van der Waals surface area contributed by atoms with E-state index in [9.17, 15) is 9.90 Å². The van der Waals surface area contributed by atoms with Gasteiger partial charge in [-0.3, -0.25) is 9.89 Å². The first-order valence-electron chi connectivity index (χ1n) is 10.4. The molecule has 3 rings (SSSR count). The molecule has 0 spiro atoms. The van der Waals surface area contributed by atoms with Gasteiger partial charge < -0.3 is 19.8 Å². The number of nitrogens with one attached hydrogen (secondary N) is 1. The van der Waals surface area contributed by atoms with Gasteiger partial charge in [0.1, 0.15) is 24.2 Å². The van der Waals surface area contributed by atoms with Crippen molar-refractivity contribution >= 4 is 34.3 Å². The van der Waals surface area contributed by atoms with Gasteiger partial charge in [0.05, 0.1) is 30.9 Å². The number of ether oxygens (including phenoxy) is 1. The Labute approximate surface area is 198 Å². The quantitative estimate of drug-likeness (QED) is 0.141. The summed E-state index contributed by atoms with van der Waals surface area (Å²) in [6.07, 6.45) is 16.2. The molecule has 0 fully saturated rings. The second kappa shape index (κ2) is 15.5. The minimum atomic E-state index is -0.407. The summed E-state index contributed by atoms with van der Waals surface area (Å²) >= 11 is 5.95. The number of fused-ring (bicyclic) bond motifs is 1. The highest BCUT2D eigenvalue weighted by atomic mass is 35.5. The Balaban J connectivity index is 0.000000373. The van der Waals surface area contributed by atoms with Crippen molar-refractivity contribution in [2.45, 2.75) is 39.0 Å². The Morgan fingerprint density at radius 3 is 2.67 bits per heavy atom. The molecule has 3 aromatic rings. The lowest BCUT2D eigenvalue weighted by Gasteiger charge is -2.23. The maximum absolute atomic E-state index is 11.4. The van der Waals surface area contributed by atoms with Gasteiger partial charge in [0, 0.05) is 5.39 Å². The zero-order chi connectivity index (χ0) is 24.6. The number of carbonyl (C=O) groups excluding carboxylic acids is 1. The number of pyridine rings is 2. The number of hydrogen-bond acceptors (Lipinski definition) is 8. The number of rotatable bonds is 9. The fourth-order valence-corrected chi connectivity index (χ4v) is 3.08. The molecule has 9 nitrogen and oxygen atoms in total. The largest absolute Gasteiger partial charge is 0.506 e. The van der Waals surface area contributed by atoms with E-state index in [2.05, 4.69) is 44.7 Å². The number of H-pyrrole nitrogens is 1. The van der Waals surface area contributed by atoms with E-state index < -0.39 is 5.97 Å². The summed E-state index contributed by atoms with van der Waals surface area (Å²) in [5.41, 5.74) is 2.22. The number of aromatic amines is 1. The zero-order valence-corrected chi connectivity index (χ0v) is 19.6. The number of aromatic hydroxyl groups is 1. The fraction of sp³-hybridized carbons (Fsp3) is 0.391. The van der Waals surface area contributed by atoms with E-state index >= 15 is 0 Å². The Hall–Kier alpha value is -3.35. The van der Waals surface area contributed by atoms with Crippen LogP contribution in [0.25, 0.3) is 11.0 Å². The minimum Gasteiger partial charge on any atom is -0.506 e. The fourth-order valence-electron chi connectivity index (χ4n) is 2.92. The Morgan fingerprint density at radius 2 is 2.00 bits per heavy atom. The van der Waals surface area contributed by atoms with Gasteiger partial charge in [-0.15, -0.1) is 12.8 Å². The summed E-state index contributed by atoms with van der Waals surface area (Å²) in [5.74, 6) is -0.246. The zero-order valence-electron chi connectivity index (χ0n) is 18.9. The highest BCUT2D eigenvalue weighted by Crippen LogP contribution is 2.23. The number of terminal acetylenes is 1. The summed E-state index contributed by atoms with van der Waals surface area (Å²) in [6, 6.07) is 5.04. The number of aromatic nitrogens is 4. The van der Waals surface area contributed by atoms with Crippen LogP contribution in [0.4, 0.5) is 5.69 Å². The van der Waals surface area contributed by atoms with E-state index in [4.69, 9.17) is 16.7 Å². The van der Waals surface area contributed by atoms with E-state index in [1.807, 2.05) is 0 Å². The monoisotopic (exact) mass is 475 g/mol. The maximum Gasteiger partial charge on any atom is 0.325 e. The van der Waals surface area contributed by atoms with Crippen LogP contribution in [0.2, 0.25) is 5.15 Å². The molecule has 3 heterocycles. The molecule has 178 valence electrons. The second-order valence-electron chi connectivity index (χ2n) is 6.83. The van der Waals surface area contributed by atoms with Gasteiger partial charge >= 0.3 is 5.97 Å². The minimum absolute atomic E-state index is 0.0156. The second-order valence-corrected chi connectivity index (χ2v) is 7.21. The summed E-state index contributed by atoms with van der Waals surface area (Å²) in [7, 11) is 1.32. The molecule has 0 aromatic carbocycles. The van der Waals surface area contributed by atoms with Crippen LogP contribution < -0.4 is 4.90 Å². The molecule has 0 aliphatic rings. The van der Waals surface area contributed by atoms with Gasteiger partial charge in [0.2, 0.25) is 0 Å². The third-order valence-electron chi connectivity index (χ3n) is 4.52. The van der Waals surface area contributed by atoms with Gasteiger partial charge in [-0.2, -0.15) is 5.10 Å². The third-order valence-corrected chi connectivity index (χ3v) is 4.73. The molecule has 0 aliphatic carbocycles. The normalized spacial score (nSPS) is 9.88. The molecule has 0 radical (unpaired) electrons. The molecule has 0 atom stereocenters. The van der Waals surface area contributed by atoms with Crippen molar-refractivity contribution in [1.29, 1.82) is 0 Å². The lowest BCUT2D eigenvalue weighted by Crippen LogP contribution is -2.32. The molecule has 0 saturated carbocycles. The van der Waals surface area contributed by atoms with Crippen molar-refractivity contribution in [3.8, 4) is 18.6 Å². The molecule has 33 heavy (non-hydrogen) atoms. The van der Waals surface area contributed by atoms with Gasteiger partial charge in [0.25, 0.3) is 0 Å². The van der Waals surface area contributed by atoms with Crippen molar-refractivity contribution in [3.63, 3.8) is 0 Å². The summed E-state index contributed by atoms with van der Waals surface area (Å²) < 4.78 is 4.64. The van der Waals surface area contributed by atoms with Crippen LogP contribution in [-0.4, -0.2) is 56.7 Å². The number of esters is 1. The first kappa shape index (κ1) is 27.7. The number of aliphatic hydroxyl groups excluding tert-OH is 1. The predicted octanol–water partition coefficient (Wildman–Crippen LogP) is 3.70. The SMILES string of the molecule is C#C.CCCCCCc1nc(Cl)ccc1N(CO)CC(=O)OC.Oc1cnc2[nH]ncc2c1. The van der Waals surface area contributed by atoms with E-state index in [0.29, 0.717) is 10.8 Å². The first-order chi connectivity index (χ1) is 16.0. The van der Waals surface area contributed by atoms with Gasteiger partial charge in [-0.05, 0) is 31.0 Å². The van der Waals surface area contributed by atoms with E-state index in [0.717, 1.165) is 36.0 Å². The molecule has 0 aliphatic heterocycles. The number of hydrogen-bond donors (Lipinski definition) is 3. The number of methoxy groups -OCH3 is 1. The summed E-state index contributed by atoms with van der Waals surface area (Å²) in [5, 5.41) is 26.1. The molecular weight excluding hydrogens is 446 g/mol. The number of halogens is 1. The molecule has 0 unspecified atom stereocenters. The topological polar surface area (TPSA) is 124 Å². The van der Waals surface area contributed by atoms with Gasteiger partial charge in [-0.25, -0.2) is 9.97 Å². The van der Waals surface area contributed by atoms with Crippen LogP contribution in [0.15, 0.2) is 30.6 Å². The Kier molecular flexibility index (Phi) is 13.0. The highest BCUT2D eigenvalue weighted by Gasteiger charge is 2.16. The smallest absolute Gasteiger partial charge is 0.325 e. The maximum atomic E-state index is 11.4. The number of aryl methyl sites for hydroxylation is 1. The number of aliphatic hydroxyl groups is 1. The average Bonchev–Trinajstić information content (AvgIpc) is 3.30. The lowest BCUT2D eigenvalue weighted by molar-refractivity contribution is -0.139. The Bertz CT molecular complexity index is 1010. The van der Waals surface area contributed by atoms with Gasteiger partial charge in [-0.1, -0.05) is 37.8 Å². The molecule has 3 N–H and O–H groups in total.